The minimum Gasteiger partial charge on any atom is -0.376 e. The summed E-state index contributed by atoms with van der Waals surface area (Å²) in [6.07, 6.45) is 3.39. The molecule has 0 amide bonds. The number of rotatable bonds is 3. The Labute approximate surface area is 121 Å². The molecule has 3 heterocycles. The second-order valence-corrected chi connectivity index (χ2v) is 5.55. The van der Waals surface area contributed by atoms with Gasteiger partial charge < -0.3 is 14.0 Å². The van der Waals surface area contributed by atoms with Gasteiger partial charge in [0, 0.05) is 25.2 Å². The smallest absolute Gasteiger partial charge is 0.152 e. The number of nitrogens with zero attached hydrogens (tertiary/aromatic N) is 3. The Hall–Kier alpha value is -1.07. The van der Waals surface area contributed by atoms with Gasteiger partial charge in [-0.05, 0) is 25.5 Å². The van der Waals surface area contributed by atoms with Crippen molar-refractivity contribution in [3.63, 3.8) is 0 Å². The third-order valence-electron chi connectivity index (χ3n) is 3.90. The first-order chi connectivity index (χ1) is 9.22. The minimum atomic E-state index is 0.262. The Bertz CT molecular complexity index is 583. The van der Waals surface area contributed by atoms with Crippen molar-refractivity contribution in [3.05, 3.63) is 30.1 Å². The van der Waals surface area contributed by atoms with Crippen LogP contribution in [0.2, 0.25) is 0 Å². The quantitative estimate of drug-likeness (QED) is 0.813. The number of hydrogen-bond acceptors (Lipinski definition) is 3. The van der Waals surface area contributed by atoms with E-state index in [1.807, 2.05) is 18.2 Å². The Balaban J connectivity index is 2.04. The first kappa shape index (κ1) is 12.9. The van der Waals surface area contributed by atoms with Crippen LogP contribution in [-0.4, -0.2) is 35.2 Å². The molecule has 2 aromatic heterocycles. The zero-order valence-corrected chi connectivity index (χ0v) is 12.8. The summed E-state index contributed by atoms with van der Waals surface area (Å²) in [6.45, 7) is 2.98. The van der Waals surface area contributed by atoms with Gasteiger partial charge in [0.2, 0.25) is 0 Å². The zero-order chi connectivity index (χ0) is 13.4. The first-order valence-corrected chi connectivity index (χ1v) is 7.71. The number of anilines is 1. The van der Waals surface area contributed by atoms with Crippen molar-refractivity contribution in [2.75, 3.05) is 18.6 Å². The van der Waals surface area contributed by atoms with E-state index in [1.54, 1.807) is 0 Å². The van der Waals surface area contributed by atoms with Gasteiger partial charge in [0.15, 0.2) is 5.82 Å². The average Bonchev–Trinajstić information content (AvgIpc) is 3.01. The van der Waals surface area contributed by atoms with Crippen molar-refractivity contribution in [3.8, 4) is 0 Å². The van der Waals surface area contributed by atoms with Gasteiger partial charge in [0.05, 0.1) is 17.8 Å². The van der Waals surface area contributed by atoms with Crippen molar-refractivity contribution in [2.24, 2.45) is 0 Å². The molecule has 1 fully saturated rings. The number of imidazole rings is 1. The highest BCUT2D eigenvalue weighted by atomic mass is 79.9. The number of aromatic nitrogens is 2. The van der Waals surface area contributed by atoms with Crippen LogP contribution in [0.3, 0.4) is 0 Å². The maximum Gasteiger partial charge on any atom is 0.152 e. The molecule has 0 N–H and O–H groups in total. The summed E-state index contributed by atoms with van der Waals surface area (Å²) < 4.78 is 7.81. The lowest BCUT2D eigenvalue weighted by atomic mass is 10.1. The Kier molecular flexibility index (Phi) is 3.50. The topological polar surface area (TPSA) is 29.8 Å². The molecule has 3 rings (SSSR count). The molecule has 2 unspecified atom stereocenters. The number of ether oxygens (including phenoxy) is 1. The van der Waals surface area contributed by atoms with Crippen molar-refractivity contribution >= 4 is 27.4 Å². The average molecular weight is 324 g/mol. The Morgan fingerprint density at radius 1 is 1.53 bits per heavy atom. The van der Waals surface area contributed by atoms with Crippen LogP contribution in [0.25, 0.3) is 5.65 Å². The molecule has 4 nitrogen and oxygen atoms in total. The zero-order valence-electron chi connectivity index (χ0n) is 11.2. The fourth-order valence-electron chi connectivity index (χ4n) is 2.83. The van der Waals surface area contributed by atoms with Gasteiger partial charge in [-0.15, -0.1) is 0 Å². The number of halogens is 1. The normalized spacial score (nSPS) is 23.1. The maximum atomic E-state index is 5.67. The number of hydrogen-bond donors (Lipinski definition) is 0. The fourth-order valence-corrected chi connectivity index (χ4v) is 3.35. The van der Waals surface area contributed by atoms with Gasteiger partial charge in [0.25, 0.3) is 0 Å². The molecular weight excluding hydrogens is 306 g/mol. The summed E-state index contributed by atoms with van der Waals surface area (Å²) in [7, 11) is 2.11. The number of fused-ring (bicyclic) bond motifs is 1. The summed E-state index contributed by atoms with van der Waals surface area (Å²) >= 11 is 3.58. The van der Waals surface area contributed by atoms with Crippen LogP contribution in [0, 0.1) is 0 Å². The molecule has 1 saturated heterocycles. The van der Waals surface area contributed by atoms with E-state index in [9.17, 15) is 0 Å². The molecule has 1 aliphatic heterocycles. The van der Waals surface area contributed by atoms with Crippen LogP contribution in [0.5, 0.6) is 0 Å². The third kappa shape index (κ3) is 2.15. The van der Waals surface area contributed by atoms with Gasteiger partial charge in [0.1, 0.15) is 5.65 Å². The summed E-state index contributed by atoms with van der Waals surface area (Å²) in [6, 6.07) is 6.50. The molecular formula is C14H18BrN3O. The standard InChI is InChI=1S/C14H18BrN3O/c1-10-11(6-8-19-10)17(2)14-12(9-15)18-7-4-3-5-13(18)16-14/h3-5,7,10-11H,6,8-9H2,1-2H3. The van der Waals surface area contributed by atoms with Crippen LogP contribution < -0.4 is 4.90 Å². The van der Waals surface area contributed by atoms with Gasteiger partial charge in [-0.2, -0.15) is 0 Å². The van der Waals surface area contributed by atoms with Crippen LogP contribution in [0.1, 0.15) is 19.0 Å². The van der Waals surface area contributed by atoms with Gasteiger partial charge in [-0.25, -0.2) is 4.98 Å². The van der Waals surface area contributed by atoms with Gasteiger partial charge >= 0.3 is 0 Å². The van der Waals surface area contributed by atoms with Crippen LogP contribution >= 0.6 is 15.9 Å². The fraction of sp³-hybridized carbons (Fsp3) is 0.500. The van der Waals surface area contributed by atoms with Crippen molar-refractivity contribution in [2.45, 2.75) is 30.8 Å². The minimum absolute atomic E-state index is 0.262. The van der Waals surface area contributed by atoms with Crippen LogP contribution in [0.15, 0.2) is 24.4 Å². The molecule has 1 aliphatic rings. The number of likely N-dealkylation sites (N-methyl/N-ethyl adjacent to an activating group) is 1. The van der Waals surface area contributed by atoms with Crippen molar-refractivity contribution < 1.29 is 4.74 Å². The first-order valence-electron chi connectivity index (χ1n) is 6.58. The third-order valence-corrected chi connectivity index (χ3v) is 4.43. The van der Waals surface area contributed by atoms with E-state index in [2.05, 4.69) is 45.4 Å². The van der Waals surface area contributed by atoms with E-state index in [-0.39, 0.29) is 6.10 Å². The molecule has 0 bridgehead atoms. The lowest BCUT2D eigenvalue weighted by molar-refractivity contribution is 0.118. The number of alkyl halides is 1. The van der Waals surface area contributed by atoms with Gasteiger partial charge in [-0.1, -0.05) is 22.0 Å². The predicted octanol–water partition coefficient (Wildman–Crippen LogP) is 2.84. The highest BCUT2D eigenvalue weighted by Crippen LogP contribution is 2.28. The van der Waals surface area contributed by atoms with E-state index < -0.39 is 0 Å². The molecule has 0 saturated carbocycles. The SMILES string of the molecule is CC1OCCC1N(C)c1nc2ccccn2c1CBr. The highest BCUT2D eigenvalue weighted by Gasteiger charge is 2.30. The highest BCUT2D eigenvalue weighted by molar-refractivity contribution is 9.08. The lowest BCUT2D eigenvalue weighted by Gasteiger charge is -2.27. The molecule has 2 atom stereocenters. The molecule has 19 heavy (non-hydrogen) atoms. The monoisotopic (exact) mass is 323 g/mol. The Morgan fingerprint density at radius 2 is 2.37 bits per heavy atom. The maximum absolute atomic E-state index is 5.67. The van der Waals surface area contributed by atoms with E-state index in [1.165, 1.54) is 5.69 Å². The van der Waals surface area contributed by atoms with E-state index in [0.717, 1.165) is 29.8 Å². The molecule has 102 valence electrons. The second-order valence-electron chi connectivity index (χ2n) is 4.99. The summed E-state index contributed by atoms with van der Waals surface area (Å²) in [5, 5.41) is 0.791. The van der Waals surface area contributed by atoms with E-state index >= 15 is 0 Å². The van der Waals surface area contributed by atoms with Gasteiger partial charge in [-0.3, -0.25) is 0 Å². The second kappa shape index (κ2) is 5.13. The molecule has 5 heteroatoms. The lowest BCUT2D eigenvalue weighted by Crippen LogP contribution is -2.37. The van der Waals surface area contributed by atoms with Crippen molar-refractivity contribution in [1.82, 2.24) is 9.38 Å². The predicted molar refractivity (Wildman–Crippen MR) is 80.0 cm³/mol. The molecule has 0 radical (unpaired) electrons. The number of pyridine rings is 1. The van der Waals surface area contributed by atoms with Crippen LogP contribution in [0.4, 0.5) is 5.82 Å². The van der Waals surface area contributed by atoms with E-state index in [4.69, 9.17) is 9.72 Å². The Morgan fingerprint density at radius 3 is 3.05 bits per heavy atom. The molecule has 0 aromatic carbocycles. The molecule has 2 aromatic rings. The summed E-state index contributed by atoms with van der Waals surface area (Å²) in [5.41, 5.74) is 2.18. The van der Waals surface area contributed by atoms with Crippen molar-refractivity contribution in [1.29, 1.82) is 0 Å². The van der Waals surface area contributed by atoms with Crippen LogP contribution in [-0.2, 0) is 10.1 Å². The van der Waals surface area contributed by atoms with E-state index in [0.29, 0.717) is 6.04 Å². The largest absolute Gasteiger partial charge is 0.376 e. The summed E-state index contributed by atoms with van der Waals surface area (Å²) in [4.78, 5) is 7.03. The molecule has 0 aliphatic carbocycles. The summed E-state index contributed by atoms with van der Waals surface area (Å²) in [5.74, 6) is 1.05. The molecule has 0 spiro atoms.